The standard InChI is InChI=1S/C19H29N3O3S/c1-20-12-15-8-10-22(13-15)19(24)17(9-11-26-2)21-18(23)14-25-16-6-4-3-5-7-16/h3-7,15,17,20H,8-14H2,1-2H3,(H,21,23). The molecule has 7 heteroatoms. The van der Waals surface area contributed by atoms with E-state index in [0.29, 0.717) is 18.1 Å². The van der Waals surface area contributed by atoms with Crippen LogP contribution in [-0.2, 0) is 9.59 Å². The van der Waals surface area contributed by atoms with E-state index in [4.69, 9.17) is 4.74 Å². The number of hydrogen-bond acceptors (Lipinski definition) is 5. The predicted octanol–water partition coefficient (Wildman–Crippen LogP) is 1.37. The highest BCUT2D eigenvalue weighted by Crippen LogP contribution is 2.17. The first kappa shape index (κ1) is 20.6. The van der Waals surface area contributed by atoms with Crippen molar-refractivity contribution in [3.63, 3.8) is 0 Å². The van der Waals surface area contributed by atoms with Crippen molar-refractivity contribution in [2.75, 3.05) is 45.3 Å². The van der Waals surface area contributed by atoms with Gasteiger partial charge in [0.15, 0.2) is 6.61 Å². The van der Waals surface area contributed by atoms with Gasteiger partial charge in [0.05, 0.1) is 0 Å². The largest absolute Gasteiger partial charge is 0.484 e. The van der Waals surface area contributed by atoms with E-state index in [1.54, 1.807) is 23.9 Å². The lowest BCUT2D eigenvalue weighted by Gasteiger charge is -2.24. The zero-order valence-electron chi connectivity index (χ0n) is 15.6. The van der Waals surface area contributed by atoms with Gasteiger partial charge in [0.2, 0.25) is 5.91 Å². The van der Waals surface area contributed by atoms with Crippen LogP contribution in [0.25, 0.3) is 0 Å². The van der Waals surface area contributed by atoms with E-state index in [1.165, 1.54) is 0 Å². The van der Waals surface area contributed by atoms with E-state index >= 15 is 0 Å². The number of carbonyl (C=O) groups excluding carboxylic acids is 2. The number of benzene rings is 1. The van der Waals surface area contributed by atoms with E-state index in [-0.39, 0.29) is 18.4 Å². The summed E-state index contributed by atoms with van der Waals surface area (Å²) in [6.07, 6.45) is 3.64. The molecule has 0 saturated carbocycles. The number of carbonyl (C=O) groups is 2. The first-order valence-corrected chi connectivity index (χ1v) is 10.4. The highest BCUT2D eigenvalue weighted by molar-refractivity contribution is 7.98. The summed E-state index contributed by atoms with van der Waals surface area (Å²) in [5.74, 6) is 1.71. The van der Waals surface area contributed by atoms with Crippen LogP contribution < -0.4 is 15.4 Å². The summed E-state index contributed by atoms with van der Waals surface area (Å²) >= 11 is 1.67. The Labute approximate surface area is 160 Å². The monoisotopic (exact) mass is 379 g/mol. The van der Waals surface area contributed by atoms with Gasteiger partial charge in [-0.2, -0.15) is 11.8 Å². The minimum atomic E-state index is -0.484. The Balaban J connectivity index is 1.87. The number of rotatable bonds is 10. The van der Waals surface area contributed by atoms with Gasteiger partial charge >= 0.3 is 0 Å². The maximum Gasteiger partial charge on any atom is 0.258 e. The van der Waals surface area contributed by atoms with Crippen molar-refractivity contribution in [2.24, 2.45) is 5.92 Å². The fourth-order valence-electron chi connectivity index (χ4n) is 3.10. The lowest BCUT2D eigenvalue weighted by Crippen LogP contribution is -2.49. The molecule has 1 aliphatic rings. The molecule has 2 unspecified atom stereocenters. The second-order valence-electron chi connectivity index (χ2n) is 6.50. The molecule has 1 fully saturated rings. The quantitative estimate of drug-likeness (QED) is 0.643. The van der Waals surface area contributed by atoms with E-state index in [1.807, 2.05) is 36.4 Å². The van der Waals surface area contributed by atoms with E-state index in [0.717, 1.165) is 31.8 Å². The van der Waals surface area contributed by atoms with Crippen molar-refractivity contribution in [1.82, 2.24) is 15.5 Å². The van der Waals surface area contributed by atoms with Gasteiger partial charge in [-0.15, -0.1) is 0 Å². The first-order chi connectivity index (χ1) is 12.6. The molecule has 2 amide bonds. The Hall–Kier alpha value is -1.73. The summed E-state index contributed by atoms with van der Waals surface area (Å²) in [4.78, 5) is 27.0. The van der Waals surface area contributed by atoms with Crippen molar-refractivity contribution >= 4 is 23.6 Å². The van der Waals surface area contributed by atoms with Crippen molar-refractivity contribution in [3.05, 3.63) is 30.3 Å². The Bertz CT molecular complexity index is 570. The summed E-state index contributed by atoms with van der Waals surface area (Å²) in [6, 6.07) is 8.72. The molecule has 0 aromatic heterocycles. The molecule has 1 aromatic carbocycles. The fourth-order valence-corrected chi connectivity index (χ4v) is 3.57. The van der Waals surface area contributed by atoms with Crippen LogP contribution in [0.5, 0.6) is 5.75 Å². The lowest BCUT2D eigenvalue weighted by atomic mass is 10.1. The Morgan fingerprint density at radius 1 is 1.35 bits per heavy atom. The molecule has 0 bridgehead atoms. The molecule has 1 aliphatic heterocycles. The van der Waals surface area contributed by atoms with Crippen molar-refractivity contribution < 1.29 is 14.3 Å². The molecule has 0 spiro atoms. The topological polar surface area (TPSA) is 70.7 Å². The van der Waals surface area contributed by atoms with Crippen molar-refractivity contribution in [2.45, 2.75) is 18.9 Å². The fraction of sp³-hybridized carbons (Fsp3) is 0.579. The Kier molecular flexibility index (Phi) is 8.77. The molecular formula is C19H29N3O3S. The van der Waals surface area contributed by atoms with Crippen LogP contribution in [0.15, 0.2) is 30.3 Å². The van der Waals surface area contributed by atoms with Gasteiger partial charge in [0.1, 0.15) is 11.8 Å². The summed E-state index contributed by atoms with van der Waals surface area (Å²) < 4.78 is 5.48. The third-order valence-corrected chi connectivity index (χ3v) is 5.09. The second kappa shape index (κ2) is 11.1. The summed E-state index contributed by atoms with van der Waals surface area (Å²) in [5.41, 5.74) is 0. The molecule has 1 aromatic rings. The molecule has 1 saturated heterocycles. The number of amides is 2. The average molecular weight is 380 g/mol. The van der Waals surface area contributed by atoms with Gasteiger partial charge < -0.3 is 20.3 Å². The van der Waals surface area contributed by atoms with E-state index in [2.05, 4.69) is 10.6 Å². The molecule has 144 valence electrons. The van der Waals surface area contributed by atoms with Gasteiger partial charge in [-0.1, -0.05) is 18.2 Å². The van der Waals surface area contributed by atoms with Gasteiger partial charge in [-0.3, -0.25) is 9.59 Å². The van der Waals surface area contributed by atoms with E-state index < -0.39 is 6.04 Å². The molecule has 26 heavy (non-hydrogen) atoms. The zero-order chi connectivity index (χ0) is 18.8. The lowest BCUT2D eigenvalue weighted by molar-refractivity contribution is -0.136. The van der Waals surface area contributed by atoms with Gasteiger partial charge in [0, 0.05) is 13.1 Å². The first-order valence-electron chi connectivity index (χ1n) is 9.03. The predicted molar refractivity (Wildman–Crippen MR) is 105 cm³/mol. The average Bonchev–Trinajstić information content (AvgIpc) is 3.12. The smallest absolute Gasteiger partial charge is 0.258 e. The van der Waals surface area contributed by atoms with Crippen LogP contribution in [0.3, 0.4) is 0 Å². The van der Waals surface area contributed by atoms with Gasteiger partial charge in [-0.05, 0) is 56.5 Å². The maximum atomic E-state index is 12.9. The number of hydrogen-bond donors (Lipinski definition) is 2. The Morgan fingerprint density at radius 2 is 2.12 bits per heavy atom. The highest BCUT2D eigenvalue weighted by atomic mass is 32.2. The molecule has 2 rings (SSSR count). The number of nitrogens with zero attached hydrogens (tertiary/aromatic N) is 1. The van der Waals surface area contributed by atoms with Gasteiger partial charge in [0.25, 0.3) is 5.91 Å². The molecule has 2 N–H and O–H groups in total. The number of likely N-dealkylation sites (tertiary alicyclic amines) is 1. The second-order valence-corrected chi connectivity index (χ2v) is 7.49. The molecule has 1 heterocycles. The molecule has 0 radical (unpaired) electrons. The third kappa shape index (κ3) is 6.53. The number of ether oxygens (including phenoxy) is 1. The minimum absolute atomic E-state index is 0.0192. The van der Waals surface area contributed by atoms with Gasteiger partial charge in [-0.25, -0.2) is 0 Å². The SMILES string of the molecule is CNCC1CCN(C(=O)C(CCSC)NC(=O)COc2ccccc2)C1. The van der Waals surface area contributed by atoms with Crippen molar-refractivity contribution in [3.8, 4) is 5.75 Å². The summed E-state index contributed by atoms with van der Waals surface area (Å²) in [5, 5.41) is 6.03. The van der Waals surface area contributed by atoms with Crippen LogP contribution in [-0.4, -0.2) is 68.1 Å². The minimum Gasteiger partial charge on any atom is -0.484 e. The third-order valence-electron chi connectivity index (χ3n) is 4.45. The molecular weight excluding hydrogens is 350 g/mol. The Morgan fingerprint density at radius 3 is 2.81 bits per heavy atom. The molecule has 6 nitrogen and oxygen atoms in total. The number of nitrogens with one attached hydrogen (secondary N) is 2. The molecule has 0 aliphatic carbocycles. The maximum absolute atomic E-state index is 12.9. The molecule has 2 atom stereocenters. The van der Waals surface area contributed by atoms with E-state index in [9.17, 15) is 9.59 Å². The normalized spacial score (nSPS) is 17.8. The van der Waals surface area contributed by atoms with Crippen molar-refractivity contribution in [1.29, 1.82) is 0 Å². The van der Waals surface area contributed by atoms with Crippen LogP contribution in [0.1, 0.15) is 12.8 Å². The summed E-state index contributed by atoms with van der Waals surface area (Å²) in [7, 11) is 1.93. The number of thioether (sulfide) groups is 1. The van der Waals surface area contributed by atoms with Crippen LogP contribution in [0, 0.1) is 5.92 Å². The van der Waals surface area contributed by atoms with Crippen LogP contribution >= 0.6 is 11.8 Å². The zero-order valence-corrected chi connectivity index (χ0v) is 16.4. The number of para-hydroxylation sites is 1. The van der Waals surface area contributed by atoms with Crippen LogP contribution in [0.2, 0.25) is 0 Å². The highest BCUT2D eigenvalue weighted by Gasteiger charge is 2.31. The summed E-state index contributed by atoms with van der Waals surface area (Å²) in [6.45, 7) is 2.34. The van der Waals surface area contributed by atoms with Crippen LogP contribution in [0.4, 0.5) is 0 Å².